The molecule has 368 valence electrons. The molecule has 0 N–H and O–H groups in total. The molecule has 0 aliphatic rings. The maximum Gasteiger partial charge on any atom is 0.399 e. The second kappa shape index (κ2) is 26.1. The van der Waals surface area contributed by atoms with E-state index in [0.29, 0.717) is 38.5 Å². The molecule has 0 saturated heterocycles. The Labute approximate surface area is 379 Å². The Hall–Kier alpha value is -2.82. The van der Waals surface area contributed by atoms with Crippen molar-refractivity contribution in [2.75, 3.05) is 12.3 Å². The average Bonchev–Trinajstić information content (AvgIpc) is 3.22. The van der Waals surface area contributed by atoms with Crippen molar-refractivity contribution in [3.05, 3.63) is 108 Å². The highest BCUT2D eigenvalue weighted by Gasteiger charge is 2.81. The predicted molar refractivity (Wildman–Crippen MR) is 240 cm³/mol. The minimum Gasteiger partial charge on any atom is -0.202 e. The van der Waals surface area contributed by atoms with Gasteiger partial charge in [0.1, 0.15) is 23.4 Å². The summed E-state index contributed by atoms with van der Waals surface area (Å²) in [5, 5.41) is -3.88. The highest BCUT2D eigenvalue weighted by Crippen LogP contribution is 2.86. The summed E-state index contributed by atoms with van der Waals surface area (Å²) in [5.74, 6) is -16.1. The maximum absolute atomic E-state index is 18.6. The van der Waals surface area contributed by atoms with E-state index < -0.39 is 109 Å². The number of unbranched alkanes of at least 4 members (excludes halogenated alkanes) is 13. The predicted octanol–water partition coefficient (Wildman–Crippen LogP) is 19.3. The molecular weight excluding hydrogens is 891 g/mol. The molecule has 65 heavy (non-hydrogen) atoms. The number of benzene rings is 3. The van der Waals surface area contributed by atoms with E-state index in [1.807, 2.05) is 13.8 Å². The van der Waals surface area contributed by atoms with Gasteiger partial charge in [-0.1, -0.05) is 189 Å². The van der Waals surface area contributed by atoms with Crippen molar-refractivity contribution in [2.45, 2.75) is 190 Å². The second-order valence-electron chi connectivity index (χ2n) is 17.8. The van der Waals surface area contributed by atoms with Crippen LogP contribution in [0.4, 0.5) is 57.1 Å². The standard InChI is InChI=1S/C51H69F13P/c1-4-7-10-13-15-27-36-65(43(52)38-47(53,54)55,37-28-16-14-11-8-5-2)48(45(50(59,60)61)40-31-22-18-23-32-40,46(51(62,63)64)41-33-24-19-25-34-41)42(35-26-12-9-6-3)44(49(56,57)58)39-29-20-17-21-30-39/h17-25,29-34,42-46H,4-16,26-28,35-38H2,1-3H3/q+1. The van der Waals surface area contributed by atoms with Crippen LogP contribution < -0.4 is 0 Å². The first-order valence-electron chi connectivity index (χ1n) is 23.6. The van der Waals surface area contributed by atoms with E-state index in [1.165, 1.54) is 30.3 Å². The fraction of sp³-hybridized carbons (Fsp3) is 0.647. The van der Waals surface area contributed by atoms with Crippen molar-refractivity contribution >= 4 is 7.26 Å². The van der Waals surface area contributed by atoms with Crippen molar-refractivity contribution in [2.24, 2.45) is 5.92 Å². The maximum atomic E-state index is 18.6. The number of alkyl halides is 13. The van der Waals surface area contributed by atoms with Gasteiger partial charge in [-0.25, -0.2) is 4.39 Å². The van der Waals surface area contributed by atoms with Crippen LogP contribution in [0.1, 0.15) is 171 Å². The first-order valence-corrected chi connectivity index (χ1v) is 25.8. The molecule has 0 aromatic heterocycles. The minimum atomic E-state index is -5.82. The fourth-order valence-electron chi connectivity index (χ4n) is 10.7. The Balaban J connectivity index is 2.92. The summed E-state index contributed by atoms with van der Waals surface area (Å²) in [5.41, 5.74) is -2.31. The molecule has 3 aromatic rings. The summed E-state index contributed by atoms with van der Waals surface area (Å²) in [6, 6.07) is 16.5. The van der Waals surface area contributed by atoms with Crippen LogP contribution in [0.15, 0.2) is 91.0 Å². The zero-order valence-electron chi connectivity index (χ0n) is 38.0. The van der Waals surface area contributed by atoms with Crippen LogP contribution in [-0.2, 0) is 0 Å². The number of hydrogen-bond donors (Lipinski definition) is 0. The first kappa shape index (κ1) is 56.5. The lowest BCUT2D eigenvalue weighted by Gasteiger charge is -2.59. The number of hydrogen-bond acceptors (Lipinski definition) is 0. The minimum absolute atomic E-state index is 0.119. The van der Waals surface area contributed by atoms with Gasteiger partial charge in [0, 0.05) is 5.92 Å². The number of halogens is 13. The van der Waals surface area contributed by atoms with Gasteiger partial charge >= 0.3 is 24.7 Å². The summed E-state index contributed by atoms with van der Waals surface area (Å²) >= 11 is 0. The monoisotopic (exact) mass is 959 g/mol. The van der Waals surface area contributed by atoms with Crippen LogP contribution in [0.3, 0.4) is 0 Å². The smallest absolute Gasteiger partial charge is 0.202 e. The molecule has 0 aliphatic heterocycles. The second-order valence-corrected chi connectivity index (χ2v) is 22.1. The lowest BCUT2D eigenvalue weighted by molar-refractivity contribution is -0.213. The quantitative estimate of drug-likeness (QED) is 0.0369. The third kappa shape index (κ3) is 15.6. The molecular formula is C51H69F13P+. The summed E-state index contributed by atoms with van der Waals surface area (Å²) in [7, 11) is -5.35. The van der Waals surface area contributed by atoms with Crippen LogP contribution in [0.5, 0.6) is 0 Å². The highest BCUT2D eigenvalue weighted by atomic mass is 31.2. The third-order valence-corrected chi connectivity index (χ3v) is 19.1. The molecule has 0 amide bonds. The molecule has 0 aliphatic carbocycles. The number of rotatable bonds is 29. The molecule has 0 saturated carbocycles. The van der Waals surface area contributed by atoms with Gasteiger partial charge < -0.3 is 0 Å². The van der Waals surface area contributed by atoms with E-state index in [1.54, 1.807) is 6.92 Å². The molecule has 0 fully saturated rings. The van der Waals surface area contributed by atoms with Crippen molar-refractivity contribution in [3.8, 4) is 0 Å². The van der Waals surface area contributed by atoms with E-state index >= 15 is 57.1 Å². The Morgan fingerprint density at radius 1 is 0.415 bits per heavy atom. The van der Waals surface area contributed by atoms with E-state index in [2.05, 4.69) is 0 Å². The van der Waals surface area contributed by atoms with Crippen molar-refractivity contribution < 1.29 is 57.1 Å². The van der Waals surface area contributed by atoms with Gasteiger partial charge in [-0.2, -0.15) is 52.7 Å². The molecule has 3 rings (SSSR count). The van der Waals surface area contributed by atoms with Gasteiger partial charge in [-0.05, 0) is 48.8 Å². The van der Waals surface area contributed by atoms with Gasteiger partial charge in [0.15, 0.2) is 0 Å². The zero-order chi connectivity index (χ0) is 48.4. The summed E-state index contributed by atoms with van der Waals surface area (Å²) in [4.78, 5) is 0. The van der Waals surface area contributed by atoms with Crippen LogP contribution in [0, 0.1) is 5.92 Å². The van der Waals surface area contributed by atoms with Crippen LogP contribution in [0.25, 0.3) is 0 Å². The van der Waals surface area contributed by atoms with E-state index in [-0.39, 0.29) is 38.5 Å². The van der Waals surface area contributed by atoms with Gasteiger partial charge in [0.2, 0.25) is 5.91 Å². The molecule has 0 nitrogen and oxygen atoms in total. The largest absolute Gasteiger partial charge is 0.399 e. The van der Waals surface area contributed by atoms with Gasteiger partial charge in [-0.3, -0.25) is 0 Å². The first-order chi connectivity index (χ1) is 30.6. The Morgan fingerprint density at radius 3 is 1.09 bits per heavy atom. The van der Waals surface area contributed by atoms with Crippen molar-refractivity contribution in [1.29, 1.82) is 0 Å². The van der Waals surface area contributed by atoms with Gasteiger partial charge in [-0.15, -0.1) is 0 Å². The van der Waals surface area contributed by atoms with Crippen LogP contribution in [0.2, 0.25) is 0 Å². The molecule has 0 spiro atoms. The Kier molecular flexibility index (Phi) is 22.7. The molecule has 0 radical (unpaired) electrons. The topological polar surface area (TPSA) is 0 Å². The lowest BCUT2D eigenvalue weighted by atomic mass is 9.61. The summed E-state index contributed by atoms with van der Waals surface area (Å²) in [6.07, 6.45) is -22.0. The average molecular weight is 960 g/mol. The zero-order valence-corrected chi connectivity index (χ0v) is 38.9. The van der Waals surface area contributed by atoms with Gasteiger partial charge in [0.05, 0.1) is 25.5 Å². The van der Waals surface area contributed by atoms with Crippen LogP contribution >= 0.6 is 7.26 Å². The SMILES string of the molecule is CCCCCCCC[P+](CCCCCCCC)(C(F)CC(F)(F)F)C(C(CCCCCC)C(c1ccccc1)C(F)(F)F)(C(c1ccccc1)C(F)(F)F)C(c1ccccc1)C(F)(F)F. The Bertz CT molecular complexity index is 1630. The van der Waals surface area contributed by atoms with Crippen molar-refractivity contribution in [3.63, 3.8) is 0 Å². The van der Waals surface area contributed by atoms with E-state index in [0.717, 1.165) is 86.3 Å². The summed E-state index contributed by atoms with van der Waals surface area (Å²) < 4.78 is 216. The molecule has 14 heteroatoms. The Morgan fingerprint density at radius 2 is 0.754 bits per heavy atom. The van der Waals surface area contributed by atoms with Gasteiger partial charge in [0.25, 0.3) is 0 Å². The molecule has 0 bridgehead atoms. The van der Waals surface area contributed by atoms with E-state index in [4.69, 9.17) is 0 Å². The molecule has 0 heterocycles. The molecule has 5 atom stereocenters. The van der Waals surface area contributed by atoms with Crippen molar-refractivity contribution in [1.82, 2.24) is 0 Å². The molecule has 5 unspecified atom stereocenters. The molecule has 3 aromatic carbocycles. The fourth-order valence-corrected chi connectivity index (χ4v) is 17.4. The lowest BCUT2D eigenvalue weighted by Crippen LogP contribution is -2.62. The summed E-state index contributed by atoms with van der Waals surface area (Å²) in [6.45, 7) is 5.61. The highest BCUT2D eigenvalue weighted by molar-refractivity contribution is 7.78. The third-order valence-electron chi connectivity index (χ3n) is 13.3. The van der Waals surface area contributed by atoms with Crippen LogP contribution in [-0.4, -0.2) is 48.1 Å². The normalized spacial score (nSPS) is 16.4. The van der Waals surface area contributed by atoms with E-state index in [9.17, 15) is 0 Å².